The zero-order valence-corrected chi connectivity index (χ0v) is 12.6. The van der Waals surface area contributed by atoms with Crippen LogP contribution in [0, 0.1) is 5.41 Å². The Balaban J connectivity index is 2.06. The third kappa shape index (κ3) is 2.23. The molecule has 0 spiro atoms. The molecule has 0 saturated heterocycles. The maximum absolute atomic E-state index is 12.5. The maximum Gasteiger partial charge on any atom is 0.261 e. The molecule has 108 valence electrons. The fraction of sp³-hybridized carbons (Fsp3) is 0.333. The molecule has 3 rings (SSSR count). The van der Waals surface area contributed by atoms with Crippen LogP contribution in [0.15, 0.2) is 36.4 Å². The van der Waals surface area contributed by atoms with Crippen LogP contribution in [0.25, 0.3) is 10.8 Å². The van der Waals surface area contributed by atoms with Gasteiger partial charge in [-0.15, -0.1) is 0 Å². The van der Waals surface area contributed by atoms with E-state index < -0.39 is 0 Å². The van der Waals surface area contributed by atoms with Gasteiger partial charge in [0, 0.05) is 6.54 Å². The monoisotopic (exact) mass is 281 g/mol. The SMILES string of the molecule is CCC(C)(C)CN1C(=O)c2cc3ccccc3cc2C1=O. The molecular formula is C18H19NO2. The Morgan fingerprint density at radius 2 is 1.43 bits per heavy atom. The zero-order chi connectivity index (χ0) is 15.2. The Morgan fingerprint density at radius 1 is 0.952 bits per heavy atom. The lowest BCUT2D eigenvalue weighted by Gasteiger charge is -2.27. The molecule has 2 amide bonds. The van der Waals surface area contributed by atoms with Crippen LogP contribution in [0.3, 0.4) is 0 Å². The lowest BCUT2D eigenvalue weighted by molar-refractivity contribution is 0.0588. The standard InChI is InChI=1S/C18H19NO2/c1-4-18(2,3)11-19-16(20)14-9-12-7-5-6-8-13(12)10-15(14)17(19)21/h5-10H,4,11H2,1-3H3. The first kappa shape index (κ1) is 13.8. The minimum Gasteiger partial charge on any atom is -0.274 e. The zero-order valence-electron chi connectivity index (χ0n) is 12.6. The van der Waals surface area contributed by atoms with Crippen molar-refractivity contribution in [1.82, 2.24) is 4.90 Å². The summed E-state index contributed by atoms with van der Waals surface area (Å²) in [5.74, 6) is -0.329. The van der Waals surface area contributed by atoms with Crippen molar-refractivity contribution in [3.63, 3.8) is 0 Å². The van der Waals surface area contributed by atoms with Crippen molar-refractivity contribution >= 4 is 22.6 Å². The summed E-state index contributed by atoms with van der Waals surface area (Å²) < 4.78 is 0. The van der Waals surface area contributed by atoms with Gasteiger partial charge in [-0.05, 0) is 34.7 Å². The number of hydrogen-bond donors (Lipinski definition) is 0. The summed E-state index contributed by atoms with van der Waals surface area (Å²) in [6.45, 7) is 6.69. The summed E-state index contributed by atoms with van der Waals surface area (Å²) in [6.07, 6.45) is 0.919. The van der Waals surface area contributed by atoms with Crippen LogP contribution >= 0.6 is 0 Å². The van der Waals surface area contributed by atoms with Gasteiger partial charge in [-0.3, -0.25) is 14.5 Å². The lowest BCUT2D eigenvalue weighted by Crippen LogP contribution is -2.38. The molecule has 0 radical (unpaired) electrons. The molecule has 21 heavy (non-hydrogen) atoms. The van der Waals surface area contributed by atoms with Gasteiger partial charge in [-0.1, -0.05) is 45.0 Å². The smallest absolute Gasteiger partial charge is 0.261 e. The Bertz CT molecular complexity index is 691. The Morgan fingerprint density at radius 3 is 1.86 bits per heavy atom. The number of hydrogen-bond acceptors (Lipinski definition) is 2. The van der Waals surface area contributed by atoms with Gasteiger partial charge in [0.05, 0.1) is 11.1 Å². The molecule has 1 heterocycles. The topological polar surface area (TPSA) is 37.4 Å². The Kier molecular flexibility index (Phi) is 3.08. The number of carbonyl (C=O) groups excluding carboxylic acids is 2. The summed E-state index contributed by atoms with van der Waals surface area (Å²) in [6, 6.07) is 11.5. The van der Waals surface area contributed by atoms with Crippen molar-refractivity contribution in [3.05, 3.63) is 47.5 Å². The van der Waals surface area contributed by atoms with Gasteiger partial charge in [0.15, 0.2) is 0 Å². The molecule has 3 nitrogen and oxygen atoms in total. The molecule has 0 bridgehead atoms. The average molecular weight is 281 g/mol. The van der Waals surface area contributed by atoms with Crippen molar-refractivity contribution in [2.24, 2.45) is 5.41 Å². The minimum atomic E-state index is -0.165. The van der Waals surface area contributed by atoms with Gasteiger partial charge in [0.1, 0.15) is 0 Å². The summed E-state index contributed by atoms with van der Waals surface area (Å²) in [7, 11) is 0. The van der Waals surface area contributed by atoms with Crippen molar-refractivity contribution < 1.29 is 9.59 Å². The fourth-order valence-electron chi connectivity index (χ4n) is 2.66. The number of fused-ring (bicyclic) bond motifs is 2. The summed E-state index contributed by atoms with van der Waals surface area (Å²) >= 11 is 0. The van der Waals surface area contributed by atoms with Crippen molar-refractivity contribution in [2.75, 3.05) is 6.54 Å². The third-order valence-corrected chi connectivity index (χ3v) is 4.38. The van der Waals surface area contributed by atoms with Crippen LogP contribution in [-0.2, 0) is 0 Å². The molecule has 1 aliphatic heterocycles. The highest BCUT2D eigenvalue weighted by molar-refractivity contribution is 6.23. The van der Waals surface area contributed by atoms with E-state index in [-0.39, 0.29) is 17.2 Å². The van der Waals surface area contributed by atoms with Crippen molar-refractivity contribution in [2.45, 2.75) is 27.2 Å². The first-order valence-electron chi connectivity index (χ1n) is 7.32. The Hall–Kier alpha value is -2.16. The second-order valence-electron chi connectivity index (χ2n) is 6.46. The van der Waals surface area contributed by atoms with Crippen LogP contribution < -0.4 is 0 Å². The second-order valence-corrected chi connectivity index (χ2v) is 6.46. The normalized spacial score (nSPS) is 14.9. The quantitative estimate of drug-likeness (QED) is 0.801. The Labute approximate surface area is 124 Å². The van der Waals surface area contributed by atoms with E-state index in [0.29, 0.717) is 17.7 Å². The predicted molar refractivity (Wildman–Crippen MR) is 83.4 cm³/mol. The first-order valence-corrected chi connectivity index (χ1v) is 7.32. The second kappa shape index (κ2) is 4.69. The number of carbonyl (C=O) groups is 2. The van der Waals surface area contributed by atoms with E-state index in [4.69, 9.17) is 0 Å². The molecule has 1 aliphatic rings. The largest absolute Gasteiger partial charge is 0.274 e. The van der Waals surface area contributed by atoms with Gasteiger partial charge < -0.3 is 0 Å². The molecule has 0 aliphatic carbocycles. The molecule has 0 unspecified atom stereocenters. The number of amides is 2. The van der Waals surface area contributed by atoms with Crippen LogP contribution in [0.1, 0.15) is 47.9 Å². The number of nitrogens with zero attached hydrogens (tertiary/aromatic N) is 1. The number of benzene rings is 2. The molecule has 3 heteroatoms. The van der Waals surface area contributed by atoms with Gasteiger partial charge in [-0.2, -0.15) is 0 Å². The highest BCUT2D eigenvalue weighted by atomic mass is 16.2. The van der Waals surface area contributed by atoms with E-state index in [9.17, 15) is 9.59 Å². The van der Waals surface area contributed by atoms with Gasteiger partial charge in [-0.25, -0.2) is 0 Å². The van der Waals surface area contributed by atoms with Crippen molar-refractivity contribution in [1.29, 1.82) is 0 Å². The highest BCUT2D eigenvalue weighted by Gasteiger charge is 2.38. The molecular weight excluding hydrogens is 262 g/mol. The highest BCUT2D eigenvalue weighted by Crippen LogP contribution is 2.31. The van der Waals surface area contributed by atoms with Gasteiger partial charge in [0.25, 0.3) is 11.8 Å². The first-order chi connectivity index (χ1) is 9.93. The molecule has 0 atom stereocenters. The van der Waals surface area contributed by atoms with Crippen molar-refractivity contribution in [3.8, 4) is 0 Å². The molecule has 0 N–H and O–H groups in total. The molecule has 2 aromatic rings. The van der Waals surface area contributed by atoms with Gasteiger partial charge >= 0.3 is 0 Å². The van der Waals surface area contributed by atoms with Crippen LogP contribution in [-0.4, -0.2) is 23.3 Å². The van der Waals surface area contributed by atoms with E-state index in [2.05, 4.69) is 20.8 Å². The van der Waals surface area contributed by atoms with Crippen LogP contribution in [0.4, 0.5) is 0 Å². The molecule has 0 saturated carbocycles. The lowest BCUT2D eigenvalue weighted by atomic mass is 9.90. The summed E-state index contributed by atoms with van der Waals surface area (Å²) in [5, 5.41) is 1.99. The van der Waals surface area contributed by atoms with E-state index in [1.807, 2.05) is 36.4 Å². The molecule has 0 aromatic heterocycles. The van der Waals surface area contributed by atoms with E-state index >= 15 is 0 Å². The number of imide groups is 1. The predicted octanol–water partition coefficient (Wildman–Crippen LogP) is 3.87. The maximum atomic E-state index is 12.5. The minimum absolute atomic E-state index is 0.0627. The van der Waals surface area contributed by atoms with E-state index in [1.165, 1.54) is 4.90 Å². The van der Waals surface area contributed by atoms with E-state index in [0.717, 1.165) is 17.2 Å². The summed E-state index contributed by atoms with van der Waals surface area (Å²) in [5.41, 5.74) is 1.00. The molecule has 2 aromatic carbocycles. The summed E-state index contributed by atoms with van der Waals surface area (Å²) in [4.78, 5) is 26.5. The van der Waals surface area contributed by atoms with Crippen LogP contribution in [0.5, 0.6) is 0 Å². The van der Waals surface area contributed by atoms with Gasteiger partial charge in [0.2, 0.25) is 0 Å². The number of rotatable bonds is 3. The fourth-order valence-corrected chi connectivity index (χ4v) is 2.66. The van der Waals surface area contributed by atoms with E-state index in [1.54, 1.807) is 0 Å². The average Bonchev–Trinajstić information content (AvgIpc) is 2.70. The third-order valence-electron chi connectivity index (χ3n) is 4.38. The van der Waals surface area contributed by atoms with Crippen LogP contribution in [0.2, 0.25) is 0 Å². The molecule has 0 fully saturated rings.